The minimum atomic E-state index is -0.751. The van der Waals surface area contributed by atoms with Crippen molar-refractivity contribution < 1.29 is 19.1 Å². The summed E-state index contributed by atoms with van der Waals surface area (Å²) in [5.74, 6) is -1.50. The Bertz CT molecular complexity index is 964. The number of carbonyl (C=O) groups is 3. The molecule has 1 aromatic heterocycles. The van der Waals surface area contributed by atoms with Crippen LogP contribution in [0.1, 0.15) is 22.4 Å². The predicted molar refractivity (Wildman–Crippen MR) is 114 cm³/mol. The van der Waals surface area contributed by atoms with Gasteiger partial charge in [-0.3, -0.25) is 10.1 Å². The van der Waals surface area contributed by atoms with Crippen LogP contribution in [0.4, 0.5) is 4.79 Å². The lowest BCUT2D eigenvalue weighted by molar-refractivity contribution is -0.143. The molecular formula is C21H23ClN4O4. The molecule has 2 rings (SSSR count). The molecule has 0 fully saturated rings. The van der Waals surface area contributed by atoms with Gasteiger partial charge in [-0.25, -0.2) is 14.3 Å². The average molecular weight is 431 g/mol. The Labute approximate surface area is 179 Å². The molecule has 0 atom stereocenters. The van der Waals surface area contributed by atoms with Gasteiger partial charge in [0.2, 0.25) is 0 Å². The van der Waals surface area contributed by atoms with Gasteiger partial charge in [-0.1, -0.05) is 47.5 Å². The van der Waals surface area contributed by atoms with Crippen LogP contribution in [-0.2, 0) is 20.9 Å². The molecule has 1 aromatic carbocycles. The summed E-state index contributed by atoms with van der Waals surface area (Å²) in [7, 11) is 0. The summed E-state index contributed by atoms with van der Waals surface area (Å²) in [6, 6.07) is 7.32. The zero-order valence-electron chi connectivity index (χ0n) is 16.8. The molecule has 2 aromatic rings. The van der Waals surface area contributed by atoms with E-state index in [1.54, 1.807) is 11.6 Å². The first-order chi connectivity index (χ1) is 14.3. The van der Waals surface area contributed by atoms with Gasteiger partial charge in [-0.2, -0.15) is 5.10 Å². The normalized spacial score (nSPS) is 10.6. The molecule has 8 nitrogen and oxygen atoms in total. The van der Waals surface area contributed by atoms with Gasteiger partial charge in [0.15, 0.2) is 6.61 Å². The minimum absolute atomic E-state index is 0.208. The Kier molecular flexibility index (Phi) is 8.37. The standard InChI is InChI=1S/C21H23ClN4O4/c1-4-11-23-21(29)24-18(27)13-30-19(28)10-9-17-15(3)25-26(20(17)22)12-16-7-5-14(2)6-8-16/h4-10H,1,11-13H2,2-3H3,(H2,23,24,27,29)/b10-9+. The van der Waals surface area contributed by atoms with Crippen molar-refractivity contribution in [3.8, 4) is 0 Å². The molecule has 0 aliphatic heterocycles. The number of aryl methyl sites for hydroxylation is 2. The van der Waals surface area contributed by atoms with Gasteiger partial charge in [-0.05, 0) is 25.5 Å². The maximum Gasteiger partial charge on any atom is 0.331 e. The first-order valence-corrected chi connectivity index (χ1v) is 9.49. The maximum absolute atomic E-state index is 11.9. The van der Waals surface area contributed by atoms with Gasteiger partial charge in [0.25, 0.3) is 5.91 Å². The number of nitrogens with zero attached hydrogens (tertiary/aromatic N) is 2. The summed E-state index contributed by atoms with van der Waals surface area (Å²) in [5, 5.41) is 9.17. The number of hydrogen-bond donors (Lipinski definition) is 2. The van der Waals surface area contributed by atoms with Crippen LogP contribution >= 0.6 is 11.6 Å². The van der Waals surface area contributed by atoms with E-state index in [1.165, 1.54) is 12.2 Å². The third-order valence-electron chi connectivity index (χ3n) is 3.95. The zero-order chi connectivity index (χ0) is 22.1. The van der Waals surface area contributed by atoms with E-state index in [9.17, 15) is 14.4 Å². The number of benzene rings is 1. The fourth-order valence-electron chi connectivity index (χ4n) is 2.44. The average Bonchev–Trinajstić information content (AvgIpc) is 2.97. The number of urea groups is 1. The number of ether oxygens (including phenoxy) is 1. The number of aromatic nitrogens is 2. The van der Waals surface area contributed by atoms with Crippen molar-refractivity contribution in [2.75, 3.05) is 13.2 Å². The van der Waals surface area contributed by atoms with E-state index in [4.69, 9.17) is 16.3 Å². The minimum Gasteiger partial charge on any atom is -0.452 e. The quantitative estimate of drug-likeness (QED) is 0.381. The topological polar surface area (TPSA) is 102 Å². The first-order valence-electron chi connectivity index (χ1n) is 9.12. The lowest BCUT2D eigenvalue weighted by atomic mass is 10.1. The van der Waals surface area contributed by atoms with Crippen molar-refractivity contribution in [3.05, 3.63) is 70.5 Å². The van der Waals surface area contributed by atoms with Gasteiger partial charge in [0, 0.05) is 18.2 Å². The second-order valence-corrected chi connectivity index (χ2v) is 6.78. The SMILES string of the molecule is C=CCNC(=O)NC(=O)COC(=O)/C=C/c1c(C)nn(Cc2ccc(C)cc2)c1Cl. The number of nitrogens with one attached hydrogen (secondary N) is 2. The van der Waals surface area contributed by atoms with Gasteiger partial charge in [0.1, 0.15) is 5.15 Å². The first kappa shape index (κ1) is 22.9. The number of amides is 3. The molecule has 3 amide bonds. The Morgan fingerprint density at radius 3 is 2.60 bits per heavy atom. The molecule has 0 radical (unpaired) electrons. The fraction of sp³-hybridized carbons (Fsp3) is 0.238. The number of halogens is 1. The van der Waals surface area contributed by atoms with Crippen molar-refractivity contribution in [1.82, 2.24) is 20.4 Å². The summed E-state index contributed by atoms with van der Waals surface area (Å²) in [5.41, 5.74) is 3.43. The summed E-state index contributed by atoms with van der Waals surface area (Å²) >= 11 is 6.40. The van der Waals surface area contributed by atoms with Crippen LogP contribution in [0.2, 0.25) is 5.15 Å². The Balaban J connectivity index is 1.92. The van der Waals surface area contributed by atoms with E-state index in [0.717, 1.165) is 17.2 Å². The van der Waals surface area contributed by atoms with E-state index in [2.05, 4.69) is 17.0 Å². The van der Waals surface area contributed by atoms with Crippen LogP contribution in [0, 0.1) is 13.8 Å². The highest BCUT2D eigenvalue weighted by atomic mass is 35.5. The molecule has 2 N–H and O–H groups in total. The zero-order valence-corrected chi connectivity index (χ0v) is 17.5. The lowest BCUT2D eigenvalue weighted by Gasteiger charge is -2.05. The van der Waals surface area contributed by atoms with Crippen molar-refractivity contribution in [2.24, 2.45) is 0 Å². The summed E-state index contributed by atoms with van der Waals surface area (Å²) < 4.78 is 6.46. The molecule has 0 saturated heterocycles. The van der Waals surface area contributed by atoms with Crippen LogP contribution in [0.5, 0.6) is 0 Å². The second-order valence-electron chi connectivity index (χ2n) is 6.42. The van der Waals surface area contributed by atoms with Gasteiger partial charge in [0.05, 0.1) is 12.2 Å². The molecule has 0 spiro atoms. The largest absolute Gasteiger partial charge is 0.452 e. The van der Waals surface area contributed by atoms with Crippen molar-refractivity contribution >= 4 is 35.6 Å². The molecule has 0 unspecified atom stereocenters. The number of hydrogen-bond acceptors (Lipinski definition) is 5. The lowest BCUT2D eigenvalue weighted by Crippen LogP contribution is -2.41. The molecular weight excluding hydrogens is 408 g/mol. The van der Waals surface area contributed by atoms with Gasteiger partial charge >= 0.3 is 12.0 Å². The highest BCUT2D eigenvalue weighted by Crippen LogP contribution is 2.22. The third kappa shape index (κ3) is 6.89. The summed E-state index contributed by atoms with van der Waals surface area (Å²) in [6.07, 6.45) is 4.09. The van der Waals surface area contributed by atoms with Crippen LogP contribution in [0.25, 0.3) is 6.08 Å². The summed E-state index contributed by atoms with van der Waals surface area (Å²) in [4.78, 5) is 34.7. The number of esters is 1. The number of carbonyl (C=O) groups excluding carboxylic acids is 3. The van der Waals surface area contributed by atoms with E-state index in [-0.39, 0.29) is 6.54 Å². The van der Waals surface area contributed by atoms with E-state index in [0.29, 0.717) is 23.0 Å². The molecule has 1 heterocycles. The molecule has 9 heteroatoms. The molecule has 0 saturated carbocycles. The van der Waals surface area contributed by atoms with Crippen LogP contribution in [-0.4, -0.2) is 40.8 Å². The maximum atomic E-state index is 11.9. The number of imide groups is 1. The highest BCUT2D eigenvalue weighted by Gasteiger charge is 2.13. The Hall–Kier alpha value is -3.39. The van der Waals surface area contributed by atoms with Crippen LogP contribution < -0.4 is 10.6 Å². The fourth-order valence-corrected chi connectivity index (χ4v) is 2.73. The van der Waals surface area contributed by atoms with E-state index >= 15 is 0 Å². The Morgan fingerprint density at radius 1 is 1.23 bits per heavy atom. The van der Waals surface area contributed by atoms with Crippen molar-refractivity contribution in [3.63, 3.8) is 0 Å². The molecule has 158 valence electrons. The molecule has 30 heavy (non-hydrogen) atoms. The highest BCUT2D eigenvalue weighted by molar-refractivity contribution is 6.31. The van der Waals surface area contributed by atoms with E-state index < -0.39 is 24.5 Å². The predicted octanol–water partition coefficient (Wildman–Crippen LogP) is 2.77. The Morgan fingerprint density at radius 2 is 1.93 bits per heavy atom. The van der Waals surface area contributed by atoms with Crippen molar-refractivity contribution in [2.45, 2.75) is 20.4 Å². The smallest absolute Gasteiger partial charge is 0.331 e. The number of rotatable bonds is 8. The third-order valence-corrected chi connectivity index (χ3v) is 4.35. The van der Waals surface area contributed by atoms with E-state index in [1.807, 2.05) is 36.5 Å². The molecule has 0 bridgehead atoms. The van der Waals surface area contributed by atoms with Gasteiger partial charge in [-0.15, -0.1) is 6.58 Å². The van der Waals surface area contributed by atoms with Crippen LogP contribution in [0.3, 0.4) is 0 Å². The molecule has 0 aliphatic carbocycles. The monoisotopic (exact) mass is 430 g/mol. The van der Waals surface area contributed by atoms with Gasteiger partial charge < -0.3 is 10.1 Å². The van der Waals surface area contributed by atoms with Crippen molar-refractivity contribution in [1.29, 1.82) is 0 Å². The second kappa shape index (κ2) is 11.0. The molecule has 0 aliphatic rings. The summed E-state index contributed by atoms with van der Waals surface area (Å²) in [6.45, 7) is 7.33. The van der Waals surface area contributed by atoms with Crippen LogP contribution in [0.15, 0.2) is 43.0 Å².